The van der Waals surface area contributed by atoms with E-state index in [1.807, 2.05) is 13.8 Å². The summed E-state index contributed by atoms with van der Waals surface area (Å²) in [6, 6.07) is 5.44. The number of hydrogen-bond acceptors (Lipinski definition) is 4. The molecule has 0 saturated carbocycles. The van der Waals surface area contributed by atoms with Crippen LogP contribution in [-0.2, 0) is 0 Å². The van der Waals surface area contributed by atoms with Crippen LogP contribution in [0.4, 0.5) is 4.39 Å². The minimum atomic E-state index is -0.682. The molecule has 0 amide bonds. The Balaban J connectivity index is 2.56. The van der Waals surface area contributed by atoms with Crippen molar-refractivity contribution in [2.45, 2.75) is 19.8 Å². The molecule has 0 aliphatic rings. The van der Waals surface area contributed by atoms with Gasteiger partial charge in [0, 0.05) is 11.1 Å². The van der Waals surface area contributed by atoms with E-state index in [0.717, 1.165) is 0 Å². The summed E-state index contributed by atoms with van der Waals surface area (Å²) in [5, 5.41) is 0.0905. The number of nitrogens with one attached hydrogen (secondary N) is 2. The highest BCUT2D eigenvalue weighted by Gasteiger charge is 2.21. The molecule has 0 fully saturated rings. The average molecular weight is 327 g/mol. The first-order chi connectivity index (χ1) is 11.4. The van der Waals surface area contributed by atoms with E-state index in [-0.39, 0.29) is 22.5 Å². The number of H-pyrrole nitrogens is 2. The van der Waals surface area contributed by atoms with Crippen molar-refractivity contribution in [2.24, 2.45) is 0 Å². The molecule has 3 aromatic rings. The van der Waals surface area contributed by atoms with Gasteiger partial charge in [0.15, 0.2) is 6.29 Å². The molecule has 0 bridgehead atoms. The third-order valence-corrected chi connectivity index (χ3v) is 3.75. The number of carbonyl (C=O) groups excluding carboxylic acids is 1. The van der Waals surface area contributed by atoms with Crippen LogP contribution in [0.3, 0.4) is 0 Å². The zero-order chi connectivity index (χ0) is 17.4. The second-order valence-electron chi connectivity index (χ2n) is 5.70. The van der Waals surface area contributed by atoms with Crippen molar-refractivity contribution in [3.05, 3.63) is 62.2 Å². The van der Waals surface area contributed by atoms with Crippen LogP contribution in [-0.4, -0.2) is 21.2 Å². The Morgan fingerprint density at radius 2 is 1.79 bits per heavy atom. The number of halogens is 1. The fourth-order valence-corrected chi connectivity index (χ4v) is 2.71. The number of benzene rings is 1. The fraction of sp³-hybridized carbons (Fsp3) is 0.176. The van der Waals surface area contributed by atoms with Crippen LogP contribution in [0.5, 0.6) is 0 Å². The fourth-order valence-electron chi connectivity index (χ4n) is 2.71. The Morgan fingerprint density at radius 3 is 2.38 bits per heavy atom. The van der Waals surface area contributed by atoms with E-state index in [0.29, 0.717) is 23.1 Å². The molecule has 0 unspecified atom stereocenters. The smallest absolute Gasteiger partial charge is 0.298 e. The maximum Gasteiger partial charge on any atom is 0.327 e. The summed E-state index contributed by atoms with van der Waals surface area (Å²) in [6.45, 7) is 3.70. The molecule has 7 heteroatoms. The van der Waals surface area contributed by atoms with Crippen LogP contribution in [0.15, 0.2) is 33.9 Å². The predicted octanol–water partition coefficient (Wildman–Crippen LogP) is 2.35. The second kappa shape index (κ2) is 5.84. The average Bonchev–Trinajstić information content (AvgIpc) is 2.53. The van der Waals surface area contributed by atoms with E-state index in [4.69, 9.17) is 0 Å². The van der Waals surface area contributed by atoms with E-state index in [2.05, 4.69) is 15.0 Å². The van der Waals surface area contributed by atoms with Gasteiger partial charge < -0.3 is 0 Å². The number of aromatic amines is 2. The number of aromatic nitrogens is 3. The number of fused-ring (bicyclic) bond motifs is 1. The lowest BCUT2D eigenvalue weighted by molar-refractivity contribution is 0.112. The number of hydrogen-bond donors (Lipinski definition) is 2. The molecule has 0 aliphatic carbocycles. The molecule has 2 aromatic heterocycles. The molecule has 2 N–H and O–H groups in total. The molecule has 24 heavy (non-hydrogen) atoms. The molecular formula is C17H14FN3O3. The molecule has 0 radical (unpaired) electrons. The molecule has 0 saturated heterocycles. The SMILES string of the molecule is CC(C)c1nc2[nH]c(=O)[nH]c(=O)c2c(-c2ccc(F)cc2)c1C=O. The first-order valence-corrected chi connectivity index (χ1v) is 7.33. The molecule has 0 spiro atoms. The van der Waals surface area contributed by atoms with Gasteiger partial charge in [0.25, 0.3) is 5.56 Å². The first-order valence-electron chi connectivity index (χ1n) is 7.33. The molecule has 0 atom stereocenters. The van der Waals surface area contributed by atoms with Gasteiger partial charge in [-0.3, -0.25) is 19.6 Å². The van der Waals surface area contributed by atoms with Crippen molar-refractivity contribution in [1.29, 1.82) is 0 Å². The van der Waals surface area contributed by atoms with E-state index in [1.54, 1.807) is 0 Å². The van der Waals surface area contributed by atoms with Gasteiger partial charge in [-0.05, 0) is 23.6 Å². The number of rotatable bonds is 3. The lowest BCUT2D eigenvalue weighted by atomic mass is 9.93. The largest absolute Gasteiger partial charge is 0.327 e. The van der Waals surface area contributed by atoms with E-state index >= 15 is 0 Å². The Labute approximate surface area is 135 Å². The monoisotopic (exact) mass is 327 g/mol. The maximum atomic E-state index is 13.2. The summed E-state index contributed by atoms with van der Waals surface area (Å²) in [4.78, 5) is 44.5. The van der Waals surface area contributed by atoms with Crippen molar-refractivity contribution in [2.75, 3.05) is 0 Å². The van der Waals surface area contributed by atoms with Gasteiger partial charge in [-0.2, -0.15) is 0 Å². The minimum Gasteiger partial charge on any atom is -0.298 e. The highest BCUT2D eigenvalue weighted by atomic mass is 19.1. The Morgan fingerprint density at radius 1 is 1.12 bits per heavy atom. The minimum absolute atomic E-state index is 0.0905. The van der Waals surface area contributed by atoms with Gasteiger partial charge in [0.1, 0.15) is 11.5 Å². The second-order valence-corrected chi connectivity index (χ2v) is 5.70. The summed E-state index contributed by atoms with van der Waals surface area (Å²) < 4.78 is 13.2. The summed E-state index contributed by atoms with van der Waals surface area (Å²) in [5.41, 5.74) is 0.288. The number of nitrogens with zero attached hydrogens (tertiary/aromatic N) is 1. The summed E-state index contributed by atoms with van der Waals surface area (Å²) in [7, 11) is 0. The molecule has 1 aromatic carbocycles. The zero-order valence-corrected chi connectivity index (χ0v) is 13.0. The van der Waals surface area contributed by atoms with Gasteiger partial charge in [0.2, 0.25) is 0 Å². The standard InChI is InChI=1S/C17H14FN3O3/c1-8(2)14-11(7-22)12(9-3-5-10(18)6-4-9)13-15(19-14)20-17(24)21-16(13)23/h3-8H,1-2H3,(H2,19,20,21,23,24). The third-order valence-electron chi connectivity index (χ3n) is 3.75. The highest BCUT2D eigenvalue weighted by Crippen LogP contribution is 2.32. The van der Waals surface area contributed by atoms with Crippen molar-refractivity contribution in [3.63, 3.8) is 0 Å². The van der Waals surface area contributed by atoms with Crippen LogP contribution in [0.1, 0.15) is 35.8 Å². The van der Waals surface area contributed by atoms with Crippen LogP contribution in [0.25, 0.3) is 22.2 Å². The quantitative estimate of drug-likeness (QED) is 0.722. The summed E-state index contributed by atoms with van der Waals surface area (Å²) in [6.07, 6.45) is 0.630. The Hall–Kier alpha value is -3.09. The van der Waals surface area contributed by atoms with E-state index < -0.39 is 17.1 Å². The normalized spacial score (nSPS) is 11.2. The van der Waals surface area contributed by atoms with Crippen molar-refractivity contribution < 1.29 is 9.18 Å². The highest BCUT2D eigenvalue weighted by molar-refractivity contribution is 6.02. The van der Waals surface area contributed by atoms with Gasteiger partial charge in [-0.25, -0.2) is 14.2 Å². The van der Waals surface area contributed by atoms with Crippen LogP contribution in [0, 0.1) is 5.82 Å². The van der Waals surface area contributed by atoms with Crippen LogP contribution >= 0.6 is 0 Å². The molecule has 0 aliphatic heterocycles. The van der Waals surface area contributed by atoms with Gasteiger partial charge in [-0.1, -0.05) is 26.0 Å². The Kier molecular flexibility index (Phi) is 3.84. The predicted molar refractivity (Wildman–Crippen MR) is 87.9 cm³/mol. The molecule has 6 nitrogen and oxygen atoms in total. The number of pyridine rings is 1. The molecular weight excluding hydrogens is 313 g/mol. The molecule has 122 valence electrons. The van der Waals surface area contributed by atoms with Gasteiger partial charge >= 0.3 is 5.69 Å². The number of aldehydes is 1. The van der Waals surface area contributed by atoms with Crippen LogP contribution in [0.2, 0.25) is 0 Å². The lowest BCUT2D eigenvalue weighted by Crippen LogP contribution is -2.24. The van der Waals surface area contributed by atoms with E-state index in [9.17, 15) is 18.8 Å². The van der Waals surface area contributed by atoms with Gasteiger partial charge in [0.05, 0.1) is 11.1 Å². The van der Waals surface area contributed by atoms with Crippen molar-refractivity contribution in [1.82, 2.24) is 15.0 Å². The van der Waals surface area contributed by atoms with E-state index in [1.165, 1.54) is 24.3 Å². The Bertz CT molecular complexity index is 1050. The molecule has 3 rings (SSSR count). The third kappa shape index (κ3) is 2.54. The lowest BCUT2D eigenvalue weighted by Gasteiger charge is -2.15. The topological polar surface area (TPSA) is 95.7 Å². The van der Waals surface area contributed by atoms with Crippen molar-refractivity contribution >= 4 is 17.3 Å². The first kappa shape index (κ1) is 15.8. The molecule has 2 heterocycles. The van der Waals surface area contributed by atoms with Gasteiger partial charge in [-0.15, -0.1) is 0 Å². The number of carbonyl (C=O) groups is 1. The van der Waals surface area contributed by atoms with Crippen molar-refractivity contribution in [3.8, 4) is 11.1 Å². The zero-order valence-electron chi connectivity index (χ0n) is 13.0. The summed E-state index contributed by atoms with van der Waals surface area (Å²) in [5.74, 6) is -0.548. The van der Waals surface area contributed by atoms with Crippen LogP contribution < -0.4 is 11.2 Å². The summed E-state index contributed by atoms with van der Waals surface area (Å²) >= 11 is 0. The maximum absolute atomic E-state index is 13.2.